The number of nitro groups is 1. The summed E-state index contributed by atoms with van der Waals surface area (Å²) in [7, 11) is 0. The van der Waals surface area contributed by atoms with Crippen molar-refractivity contribution in [2.75, 3.05) is 0 Å². The number of hydrogen-bond acceptors (Lipinski definition) is 5. The molecule has 0 saturated heterocycles. The van der Waals surface area contributed by atoms with Crippen molar-refractivity contribution in [2.24, 2.45) is 5.73 Å². The highest BCUT2D eigenvalue weighted by Gasteiger charge is 2.36. The second-order valence-electron chi connectivity index (χ2n) is 2.77. The van der Waals surface area contributed by atoms with Crippen LogP contribution in [0, 0.1) is 13.7 Å². The Balaban J connectivity index is 3.26. The van der Waals surface area contributed by atoms with Crippen molar-refractivity contribution in [2.45, 2.75) is 12.9 Å². The van der Waals surface area contributed by atoms with Crippen LogP contribution >= 0.6 is 22.6 Å². The van der Waals surface area contributed by atoms with E-state index in [1.54, 1.807) is 22.6 Å². The average molecular weight is 363 g/mol. The van der Waals surface area contributed by atoms with Crippen molar-refractivity contribution in [3.8, 4) is 5.88 Å². The lowest BCUT2D eigenvalue weighted by Crippen LogP contribution is -2.20. The molecule has 1 heterocycles. The molecule has 0 atom stereocenters. The van der Waals surface area contributed by atoms with E-state index >= 15 is 0 Å². The Morgan fingerprint density at radius 1 is 1.59 bits per heavy atom. The van der Waals surface area contributed by atoms with Gasteiger partial charge in [0.25, 0.3) is 0 Å². The van der Waals surface area contributed by atoms with E-state index in [0.29, 0.717) is 0 Å². The molecule has 10 heteroatoms. The minimum atomic E-state index is -4.97. The molecule has 0 bridgehead atoms. The molecule has 0 aliphatic carbocycles. The lowest BCUT2D eigenvalue weighted by Gasteiger charge is -2.08. The SMILES string of the molecule is NCc1cc(I)c([N+](=O)[O-])nc1OC(F)(F)F. The van der Waals surface area contributed by atoms with Gasteiger partial charge in [-0.15, -0.1) is 13.2 Å². The van der Waals surface area contributed by atoms with Gasteiger partial charge in [-0.25, -0.2) is 0 Å². The number of alkyl halides is 3. The molecule has 94 valence electrons. The summed E-state index contributed by atoms with van der Waals surface area (Å²) in [6.45, 7) is -0.271. The normalized spacial score (nSPS) is 11.4. The number of aromatic nitrogens is 1. The van der Waals surface area contributed by atoms with E-state index in [0.717, 1.165) is 6.07 Å². The molecule has 1 aromatic heterocycles. The third kappa shape index (κ3) is 3.66. The van der Waals surface area contributed by atoms with Crippen LogP contribution < -0.4 is 10.5 Å². The Morgan fingerprint density at radius 2 is 2.18 bits per heavy atom. The second-order valence-corrected chi connectivity index (χ2v) is 3.93. The fraction of sp³-hybridized carbons (Fsp3) is 0.286. The van der Waals surface area contributed by atoms with Gasteiger partial charge in [0, 0.05) is 11.5 Å². The number of rotatable bonds is 3. The predicted molar refractivity (Wildman–Crippen MR) is 58.2 cm³/mol. The van der Waals surface area contributed by atoms with Crippen molar-refractivity contribution in [1.82, 2.24) is 4.98 Å². The van der Waals surface area contributed by atoms with Crippen molar-refractivity contribution >= 4 is 28.4 Å². The van der Waals surface area contributed by atoms with Gasteiger partial charge in [0.15, 0.2) is 0 Å². The van der Waals surface area contributed by atoms with Crippen LogP contribution in [0.1, 0.15) is 5.56 Å². The molecule has 0 saturated carbocycles. The molecule has 0 amide bonds. The summed E-state index contributed by atoms with van der Waals surface area (Å²) in [6.07, 6.45) is -4.97. The van der Waals surface area contributed by atoms with Gasteiger partial charge in [0.2, 0.25) is 0 Å². The second kappa shape index (κ2) is 5.00. The molecule has 0 aliphatic heterocycles. The third-order valence-electron chi connectivity index (χ3n) is 1.60. The summed E-state index contributed by atoms with van der Waals surface area (Å²) in [4.78, 5) is 12.8. The standard InChI is InChI=1S/C7H5F3IN3O3/c8-7(9,10)17-6-3(2-12)1-4(11)5(13-6)14(15)16/h1H,2,12H2. The van der Waals surface area contributed by atoms with Crippen LogP contribution in [-0.4, -0.2) is 16.3 Å². The molecule has 0 aliphatic rings. The molecule has 17 heavy (non-hydrogen) atoms. The van der Waals surface area contributed by atoms with Crippen molar-refractivity contribution in [1.29, 1.82) is 0 Å². The Morgan fingerprint density at radius 3 is 2.59 bits per heavy atom. The first-order valence-electron chi connectivity index (χ1n) is 4.04. The largest absolute Gasteiger partial charge is 0.575 e. The monoisotopic (exact) mass is 363 g/mol. The summed E-state index contributed by atoms with van der Waals surface area (Å²) in [5.41, 5.74) is 5.15. The predicted octanol–water partition coefficient (Wildman–Crippen LogP) is 1.95. The molecular weight excluding hydrogens is 358 g/mol. The highest BCUT2D eigenvalue weighted by molar-refractivity contribution is 14.1. The number of hydrogen-bond donors (Lipinski definition) is 1. The fourth-order valence-electron chi connectivity index (χ4n) is 0.973. The quantitative estimate of drug-likeness (QED) is 0.504. The van der Waals surface area contributed by atoms with Crippen LogP contribution in [-0.2, 0) is 6.54 Å². The highest BCUT2D eigenvalue weighted by Crippen LogP contribution is 2.29. The zero-order valence-corrected chi connectivity index (χ0v) is 10.2. The molecule has 6 nitrogen and oxygen atoms in total. The Bertz CT molecular complexity index is 452. The van der Waals surface area contributed by atoms with Crippen LogP contribution in [0.3, 0.4) is 0 Å². The zero-order chi connectivity index (χ0) is 13.2. The topological polar surface area (TPSA) is 91.3 Å². The molecule has 1 aromatic rings. The van der Waals surface area contributed by atoms with Gasteiger partial charge in [0.05, 0.1) is 5.56 Å². The molecule has 0 fully saturated rings. The van der Waals surface area contributed by atoms with Gasteiger partial charge in [-0.3, -0.25) is 0 Å². The molecular formula is C7H5F3IN3O3. The first-order chi connectivity index (χ1) is 7.74. The van der Waals surface area contributed by atoms with Crippen LogP contribution in [0.2, 0.25) is 0 Å². The molecule has 2 N–H and O–H groups in total. The summed E-state index contributed by atoms with van der Waals surface area (Å²) in [6, 6.07) is 1.13. The first-order valence-corrected chi connectivity index (χ1v) is 5.12. The average Bonchev–Trinajstić information content (AvgIpc) is 2.17. The maximum Gasteiger partial charge on any atom is 0.575 e. The highest BCUT2D eigenvalue weighted by atomic mass is 127. The van der Waals surface area contributed by atoms with E-state index in [1.165, 1.54) is 0 Å². The van der Waals surface area contributed by atoms with Gasteiger partial charge in [-0.1, -0.05) is 0 Å². The zero-order valence-electron chi connectivity index (χ0n) is 7.99. The number of nitrogens with two attached hydrogens (primary N) is 1. The summed E-state index contributed by atoms with van der Waals surface area (Å²) >= 11 is 1.58. The van der Waals surface area contributed by atoms with Crippen LogP contribution in [0.15, 0.2) is 6.07 Å². The van der Waals surface area contributed by atoms with Gasteiger partial charge >= 0.3 is 18.1 Å². The van der Waals surface area contributed by atoms with Crippen molar-refractivity contribution in [3.05, 3.63) is 25.3 Å². The lowest BCUT2D eigenvalue weighted by molar-refractivity contribution is -0.391. The third-order valence-corrected chi connectivity index (χ3v) is 2.40. The summed E-state index contributed by atoms with van der Waals surface area (Å²) in [5, 5.41) is 10.5. The van der Waals surface area contributed by atoms with E-state index < -0.39 is 23.0 Å². The Kier molecular flexibility index (Phi) is 4.08. The summed E-state index contributed by atoms with van der Waals surface area (Å²) < 4.78 is 39.7. The lowest BCUT2D eigenvalue weighted by atomic mass is 10.2. The number of ether oxygens (including phenoxy) is 1. The van der Waals surface area contributed by atoms with Crippen LogP contribution in [0.25, 0.3) is 0 Å². The van der Waals surface area contributed by atoms with E-state index in [-0.39, 0.29) is 15.7 Å². The maximum absolute atomic E-state index is 12.0. The first kappa shape index (κ1) is 13.9. The fourth-order valence-corrected chi connectivity index (χ4v) is 1.67. The minimum absolute atomic E-state index is 0.0580. The van der Waals surface area contributed by atoms with E-state index in [9.17, 15) is 23.3 Å². The van der Waals surface area contributed by atoms with E-state index in [2.05, 4.69) is 9.72 Å². The van der Waals surface area contributed by atoms with E-state index in [4.69, 9.17) is 5.73 Å². The molecule has 0 aromatic carbocycles. The van der Waals surface area contributed by atoms with Crippen LogP contribution in [0.5, 0.6) is 5.88 Å². The smallest absolute Gasteiger partial charge is 0.366 e. The van der Waals surface area contributed by atoms with Crippen molar-refractivity contribution < 1.29 is 22.8 Å². The number of pyridine rings is 1. The molecule has 0 spiro atoms. The van der Waals surface area contributed by atoms with Gasteiger partial charge in [-0.2, -0.15) is 0 Å². The number of halogens is 4. The Hall–Kier alpha value is -1.17. The molecule has 1 rings (SSSR count). The minimum Gasteiger partial charge on any atom is -0.366 e. The summed E-state index contributed by atoms with van der Waals surface area (Å²) in [5.74, 6) is -1.60. The number of nitrogens with zero attached hydrogens (tertiary/aromatic N) is 2. The molecule has 0 unspecified atom stereocenters. The van der Waals surface area contributed by atoms with Gasteiger partial charge < -0.3 is 20.6 Å². The van der Waals surface area contributed by atoms with Gasteiger partial charge in [0.1, 0.15) is 3.57 Å². The van der Waals surface area contributed by atoms with Crippen LogP contribution in [0.4, 0.5) is 19.0 Å². The van der Waals surface area contributed by atoms with Crippen molar-refractivity contribution in [3.63, 3.8) is 0 Å². The molecule has 0 radical (unpaired) electrons. The maximum atomic E-state index is 12.0. The van der Waals surface area contributed by atoms with E-state index in [1.807, 2.05) is 0 Å². The Labute approximate surface area is 106 Å². The van der Waals surface area contributed by atoms with Gasteiger partial charge in [-0.05, 0) is 33.6 Å².